The zero-order chi connectivity index (χ0) is 15.5. The van der Waals surface area contributed by atoms with Gasteiger partial charge in [-0.1, -0.05) is 13.0 Å². The van der Waals surface area contributed by atoms with Gasteiger partial charge in [-0.15, -0.1) is 0 Å². The van der Waals surface area contributed by atoms with Gasteiger partial charge in [0.25, 0.3) is 0 Å². The quantitative estimate of drug-likeness (QED) is 0.898. The molecule has 0 spiro atoms. The van der Waals surface area contributed by atoms with Crippen molar-refractivity contribution in [1.82, 2.24) is 5.32 Å². The second-order valence-corrected chi connectivity index (χ2v) is 5.35. The number of carbonyl (C=O) groups is 1. The molecule has 1 aromatic carbocycles. The van der Waals surface area contributed by atoms with Crippen molar-refractivity contribution in [2.45, 2.75) is 38.4 Å². The number of alkyl halides is 3. The zero-order valence-electron chi connectivity index (χ0n) is 11.8. The predicted octanol–water partition coefficient (Wildman–Crippen LogP) is 3.42. The summed E-state index contributed by atoms with van der Waals surface area (Å²) in [6.07, 6.45) is -2.03. The second kappa shape index (κ2) is 6.47. The first-order valence-electron chi connectivity index (χ1n) is 7.11. The van der Waals surface area contributed by atoms with E-state index in [4.69, 9.17) is 0 Å². The van der Waals surface area contributed by atoms with E-state index in [9.17, 15) is 18.0 Å². The van der Waals surface area contributed by atoms with Crippen LogP contribution in [0.25, 0.3) is 0 Å². The highest BCUT2D eigenvalue weighted by Gasteiger charge is 2.31. The molecule has 2 rings (SSSR count). The third-order valence-electron chi connectivity index (χ3n) is 3.82. The van der Waals surface area contributed by atoms with E-state index in [1.807, 2.05) is 6.92 Å². The molecule has 1 aromatic rings. The van der Waals surface area contributed by atoms with Crippen molar-refractivity contribution in [3.63, 3.8) is 0 Å². The SMILES string of the molecule is CC[C@H]1C[C@@H](C(=O)Nc2cccc(C(F)(F)F)c2)CCN1. The highest BCUT2D eigenvalue weighted by Crippen LogP contribution is 2.31. The first-order valence-corrected chi connectivity index (χ1v) is 7.11. The van der Waals surface area contributed by atoms with E-state index >= 15 is 0 Å². The standard InChI is InChI=1S/C15H19F3N2O/c1-2-12-8-10(6-7-19-12)14(21)20-13-5-3-4-11(9-13)15(16,17)18/h3-5,9-10,12,19H,2,6-8H2,1H3,(H,20,21)/t10-,12-/m0/s1. The number of carbonyl (C=O) groups excluding carboxylic acids is 1. The summed E-state index contributed by atoms with van der Waals surface area (Å²) < 4.78 is 37.9. The zero-order valence-corrected chi connectivity index (χ0v) is 11.8. The average molecular weight is 300 g/mol. The van der Waals surface area contributed by atoms with Gasteiger partial charge in [-0.25, -0.2) is 0 Å². The van der Waals surface area contributed by atoms with Crippen LogP contribution in [0, 0.1) is 5.92 Å². The number of halogens is 3. The van der Waals surface area contributed by atoms with Crippen LogP contribution >= 0.6 is 0 Å². The number of rotatable bonds is 3. The topological polar surface area (TPSA) is 41.1 Å². The van der Waals surface area contributed by atoms with E-state index in [0.717, 1.165) is 31.5 Å². The summed E-state index contributed by atoms with van der Waals surface area (Å²) in [7, 11) is 0. The monoisotopic (exact) mass is 300 g/mol. The third kappa shape index (κ3) is 4.20. The summed E-state index contributed by atoms with van der Waals surface area (Å²) in [4.78, 5) is 12.2. The summed E-state index contributed by atoms with van der Waals surface area (Å²) >= 11 is 0. The molecule has 0 radical (unpaired) electrons. The van der Waals surface area contributed by atoms with Crippen LogP contribution in [-0.2, 0) is 11.0 Å². The first-order chi connectivity index (χ1) is 9.90. The van der Waals surface area contributed by atoms with Crippen LogP contribution in [0.5, 0.6) is 0 Å². The molecule has 1 amide bonds. The van der Waals surface area contributed by atoms with Gasteiger partial charge in [-0.2, -0.15) is 13.2 Å². The number of hydrogen-bond acceptors (Lipinski definition) is 2. The smallest absolute Gasteiger partial charge is 0.326 e. The molecule has 1 fully saturated rings. The fourth-order valence-electron chi connectivity index (χ4n) is 2.57. The van der Waals surface area contributed by atoms with Gasteiger partial charge >= 0.3 is 6.18 Å². The summed E-state index contributed by atoms with van der Waals surface area (Å²) in [6, 6.07) is 5.04. The maximum Gasteiger partial charge on any atom is 0.416 e. The van der Waals surface area contributed by atoms with Gasteiger partial charge in [-0.05, 0) is 44.0 Å². The Balaban J connectivity index is 2.02. The molecule has 0 saturated carbocycles. The van der Waals surface area contributed by atoms with Crippen LogP contribution < -0.4 is 10.6 Å². The molecular formula is C15H19F3N2O. The Morgan fingerprint density at radius 3 is 2.86 bits per heavy atom. The van der Waals surface area contributed by atoms with Crippen molar-refractivity contribution in [2.75, 3.05) is 11.9 Å². The lowest BCUT2D eigenvalue weighted by atomic mass is 9.90. The minimum atomic E-state index is -4.40. The Labute approximate surface area is 121 Å². The van der Waals surface area contributed by atoms with Gasteiger partial charge in [0.2, 0.25) is 5.91 Å². The Kier molecular flexibility index (Phi) is 4.88. The molecule has 6 heteroatoms. The van der Waals surface area contributed by atoms with E-state index in [-0.39, 0.29) is 17.5 Å². The highest BCUT2D eigenvalue weighted by molar-refractivity contribution is 5.92. The van der Waals surface area contributed by atoms with Crippen LogP contribution in [0.2, 0.25) is 0 Å². The highest BCUT2D eigenvalue weighted by atomic mass is 19.4. The van der Waals surface area contributed by atoms with Crippen molar-refractivity contribution in [3.8, 4) is 0 Å². The van der Waals surface area contributed by atoms with Gasteiger partial charge in [-0.3, -0.25) is 4.79 Å². The molecule has 2 N–H and O–H groups in total. The Hall–Kier alpha value is -1.56. The molecule has 0 aromatic heterocycles. The summed E-state index contributed by atoms with van der Waals surface area (Å²) in [5.74, 6) is -0.347. The van der Waals surface area contributed by atoms with E-state index in [2.05, 4.69) is 10.6 Å². The van der Waals surface area contributed by atoms with Crippen LogP contribution in [0.1, 0.15) is 31.7 Å². The molecule has 1 aliphatic rings. The number of hydrogen-bond donors (Lipinski definition) is 2. The number of piperidine rings is 1. The number of anilines is 1. The van der Waals surface area contributed by atoms with Crippen molar-refractivity contribution in [1.29, 1.82) is 0 Å². The van der Waals surface area contributed by atoms with Gasteiger partial charge in [0, 0.05) is 17.6 Å². The molecule has 0 aliphatic carbocycles. The van der Waals surface area contributed by atoms with Gasteiger partial charge in [0.1, 0.15) is 0 Å². The lowest BCUT2D eigenvalue weighted by Crippen LogP contribution is -2.41. The molecule has 3 nitrogen and oxygen atoms in total. The fraction of sp³-hybridized carbons (Fsp3) is 0.533. The van der Waals surface area contributed by atoms with E-state index in [1.165, 1.54) is 12.1 Å². The average Bonchev–Trinajstić information content (AvgIpc) is 2.46. The van der Waals surface area contributed by atoms with Crippen molar-refractivity contribution in [3.05, 3.63) is 29.8 Å². The number of nitrogens with one attached hydrogen (secondary N) is 2. The summed E-state index contributed by atoms with van der Waals surface area (Å²) in [6.45, 7) is 2.81. The van der Waals surface area contributed by atoms with Gasteiger partial charge in [0.05, 0.1) is 5.56 Å². The number of benzene rings is 1. The van der Waals surface area contributed by atoms with E-state index in [1.54, 1.807) is 0 Å². The van der Waals surface area contributed by atoms with Crippen LogP contribution in [0.3, 0.4) is 0 Å². The lowest BCUT2D eigenvalue weighted by Gasteiger charge is -2.28. The van der Waals surface area contributed by atoms with Crippen molar-refractivity contribution < 1.29 is 18.0 Å². The van der Waals surface area contributed by atoms with Crippen molar-refractivity contribution >= 4 is 11.6 Å². The first kappa shape index (κ1) is 15.8. The largest absolute Gasteiger partial charge is 0.416 e. The van der Waals surface area contributed by atoms with E-state index in [0.29, 0.717) is 12.5 Å². The van der Waals surface area contributed by atoms with Crippen LogP contribution in [0.15, 0.2) is 24.3 Å². The third-order valence-corrected chi connectivity index (χ3v) is 3.82. The minimum Gasteiger partial charge on any atom is -0.326 e. The second-order valence-electron chi connectivity index (χ2n) is 5.35. The van der Waals surface area contributed by atoms with Crippen LogP contribution in [0.4, 0.5) is 18.9 Å². The molecule has 21 heavy (non-hydrogen) atoms. The van der Waals surface area contributed by atoms with E-state index < -0.39 is 11.7 Å². The normalized spacial score (nSPS) is 22.9. The Morgan fingerprint density at radius 1 is 1.43 bits per heavy atom. The molecule has 116 valence electrons. The summed E-state index contributed by atoms with van der Waals surface area (Å²) in [5, 5.41) is 5.92. The Bertz CT molecular complexity index is 502. The number of amides is 1. The van der Waals surface area contributed by atoms with Gasteiger partial charge < -0.3 is 10.6 Å². The minimum absolute atomic E-state index is 0.147. The molecule has 0 bridgehead atoms. The van der Waals surface area contributed by atoms with Gasteiger partial charge in [0.15, 0.2) is 0 Å². The lowest BCUT2D eigenvalue weighted by molar-refractivity contribution is -0.137. The fourth-order valence-corrected chi connectivity index (χ4v) is 2.57. The Morgan fingerprint density at radius 2 is 2.19 bits per heavy atom. The molecule has 2 atom stereocenters. The molecule has 1 heterocycles. The molecule has 1 aliphatic heterocycles. The maximum atomic E-state index is 12.6. The van der Waals surface area contributed by atoms with Crippen LogP contribution in [-0.4, -0.2) is 18.5 Å². The van der Waals surface area contributed by atoms with Crippen molar-refractivity contribution in [2.24, 2.45) is 5.92 Å². The summed E-state index contributed by atoms with van der Waals surface area (Å²) in [5.41, 5.74) is -0.557. The molecular weight excluding hydrogens is 281 g/mol. The predicted molar refractivity (Wildman–Crippen MR) is 74.9 cm³/mol. The maximum absolute atomic E-state index is 12.6. The molecule has 0 unspecified atom stereocenters. The molecule has 1 saturated heterocycles.